The van der Waals surface area contributed by atoms with Gasteiger partial charge in [-0.15, -0.1) is 0 Å². The summed E-state index contributed by atoms with van der Waals surface area (Å²) in [6.45, 7) is 18.3. The van der Waals surface area contributed by atoms with Gasteiger partial charge in [0.25, 0.3) is 0 Å². The summed E-state index contributed by atoms with van der Waals surface area (Å²) in [5.74, 6) is 0. The van der Waals surface area contributed by atoms with E-state index in [1.54, 1.807) is 0 Å². The van der Waals surface area contributed by atoms with E-state index < -0.39 is 0 Å². The van der Waals surface area contributed by atoms with Crippen molar-refractivity contribution < 1.29 is 4.48 Å². The van der Waals surface area contributed by atoms with E-state index in [0.29, 0.717) is 0 Å². The summed E-state index contributed by atoms with van der Waals surface area (Å²) in [4.78, 5) is 0. The van der Waals surface area contributed by atoms with Crippen molar-refractivity contribution in [1.29, 1.82) is 0 Å². The molecule has 1 nitrogen and oxygen atoms in total. The molecule has 0 radical (unpaired) electrons. The topological polar surface area (TPSA) is 0 Å². The van der Waals surface area contributed by atoms with E-state index in [2.05, 4.69) is 50.6 Å². The molecular weight excluding hydrogens is 230 g/mol. The van der Waals surface area contributed by atoms with Crippen LogP contribution in [-0.2, 0) is 0 Å². The summed E-state index contributed by atoms with van der Waals surface area (Å²) in [6.07, 6.45) is 7.91. The van der Waals surface area contributed by atoms with E-state index in [1.165, 1.54) is 5.56 Å². The first-order valence-electron chi connectivity index (χ1n) is 6.60. The predicted octanol–water partition coefficient (Wildman–Crippen LogP) is 4.29. The number of nitrogens with zero attached hydrogens (tertiary/aromatic N) is 1. The van der Waals surface area contributed by atoms with E-state index >= 15 is 0 Å². The molecule has 0 heterocycles. The van der Waals surface area contributed by atoms with Crippen LogP contribution in [0.15, 0.2) is 81.0 Å². The number of benzene rings is 1. The lowest BCUT2D eigenvalue weighted by Gasteiger charge is -2.42. The molecule has 1 aromatic rings. The zero-order valence-corrected chi connectivity index (χ0v) is 11.7. The molecule has 0 aromatic heterocycles. The zero-order valence-electron chi connectivity index (χ0n) is 11.7. The molecule has 0 bridgehead atoms. The van der Waals surface area contributed by atoms with Gasteiger partial charge in [0, 0.05) is 5.56 Å². The van der Waals surface area contributed by atoms with Crippen LogP contribution >= 0.6 is 0 Å². The van der Waals surface area contributed by atoms with Gasteiger partial charge in [-0.3, -0.25) is 0 Å². The summed E-state index contributed by atoms with van der Waals surface area (Å²) in [5.41, 5.74) is 1.27. The van der Waals surface area contributed by atoms with Crippen molar-refractivity contribution in [3.05, 3.63) is 86.5 Å². The van der Waals surface area contributed by atoms with Gasteiger partial charge < -0.3 is 4.48 Å². The van der Waals surface area contributed by atoms with Gasteiger partial charge in [0.2, 0.25) is 0 Å². The largest absolute Gasteiger partial charge is 0.304 e. The van der Waals surface area contributed by atoms with Crippen LogP contribution in [0.5, 0.6) is 0 Å². The van der Waals surface area contributed by atoms with Crippen LogP contribution in [0.1, 0.15) is 11.6 Å². The Morgan fingerprint density at radius 1 is 0.842 bits per heavy atom. The van der Waals surface area contributed by atoms with Crippen LogP contribution < -0.4 is 0 Å². The minimum atomic E-state index is 0.218. The van der Waals surface area contributed by atoms with Crippen LogP contribution in [0.2, 0.25) is 0 Å². The number of hydrogen-bond donors (Lipinski definition) is 0. The molecule has 19 heavy (non-hydrogen) atoms. The Morgan fingerprint density at radius 3 is 1.68 bits per heavy atom. The second kappa shape index (κ2) is 7.55. The average Bonchev–Trinajstić information content (AvgIpc) is 2.41. The van der Waals surface area contributed by atoms with E-state index in [9.17, 15) is 0 Å². The molecule has 1 heteroatoms. The minimum absolute atomic E-state index is 0.218. The summed E-state index contributed by atoms with van der Waals surface area (Å²) in [6, 6.07) is 10.7. The molecule has 0 spiro atoms. The molecule has 0 fully saturated rings. The Bertz CT molecular complexity index is 404. The second-order valence-electron chi connectivity index (χ2n) is 4.72. The van der Waals surface area contributed by atoms with Crippen LogP contribution in [-0.4, -0.2) is 24.1 Å². The first-order chi connectivity index (χ1) is 9.24. The molecule has 1 rings (SSSR count). The van der Waals surface area contributed by atoms with Gasteiger partial charge in [0.15, 0.2) is 0 Å². The summed E-state index contributed by atoms with van der Waals surface area (Å²) in [5, 5.41) is 0. The van der Waals surface area contributed by atoms with Crippen molar-refractivity contribution in [2.24, 2.45) is 0 Å². The van der Waals surface area contributed by atoms with Gasteiger partial charge in [-0.05, 0) is 24.3 Å². The van der Waals surface area contributed by atoms with E-state index in [-0.39, 0.29) is 6.04 Å². The SMILES string of the molecule is C=CC[N+](CC=C)(CC=C)C(C=C)c1ccccc1. The molecule has 0 aliphatic heterocycles. The minimum Gasteiger partial charge on any atom is -0.304 e. The molecule has 0 saturated carbocycles. The average molecular weight is 254 g/mol. The van der Waals surface area contributed by atoms with Crippen molar-refractivity contribution >= 4 is 0 Å². The van der Waals surface area contributed by atoms with Gasteiger partial charge in [-0.2, -0.15) is 0 Å². The molecule has 1 atom stereocenters. The lowest BCUT2D eigenvalue weighted by atomic mass is 10.0. The Balaban J connectivity index is 3.24. The highest BCUT2D eigenvalue weighted by atomic mass is 15.4. The molecule has 1 unspecified atom stereocenters. The zero-order chi connectivity index (χ0) is 14.1. The standard InChI is InChI=1S/C18H24N/c1-5-14-19(15-6-2,16-7-3)18(8-4)17-12-10-9-11-13-17/h5-13,18H,1-4,14-16H2/q+1. The molecule has 0 aliphatic rings. The number of hydrogen-bond acceptors (Lipinski definition) is 0. The normalized spacial score (nSPS) is 12.4. The van der Waals surface area contributed by atoms with Crippen molar-refractivity contribution in [2.45, 2.75) is 6.04 Å². The maximum Gasteiger partial charge on any atom is 0.134 e. The van der Waals surface area contributed by atoms with Crippen LogP contribution in [0, 0.1) is 0 Å². The number of rotatable bonds is 9. The highest BCUT2D eigenvalue weighted by molar-refractivity contribution is 5.21. The van der Waals surface area contributed by atoms with Gasteiger partial charge in [0.1, 0.15) is 6.04 Å². The monoisotopic (exact) mass is 254 g/mol. The van der Waals surface area contributed by atoms with E-state index in [1.807, 2.05) is 30.4 Å². The smallest absolute Gasteiger partial charge is 0.134 e. The lowest BCUT2D eigenvalue weighted by Crippen LogP contribution is -2.50. The highest BCUT2D eigenvalue weighted by Crippen LogP contribution is 2.30. The Kier molecular flexibility index (Phi) is 6.04. The maximum atomic E-state index is 4.03. The van der Waals surface area contributed by atoms with Gasteiger partial charge >= 0.3 is 0 Å². The molecule has 0 amide bonds. The third-order valence-corrected chi connectivity index (χ3v) is 3.43. The predicted molar refractivity (Wildman–Crippen MR) is 84.8 cm³/mol. The summed E-state index contributed by atoms with van der Waals surface area (Å²) < 4.78 is 0.810. The Morgan fingerprint density at radius 2 is 1.32 bits per heavy atom. The molecule has 0 aliphatic carbocycles. The Labute approximate surface area is 117 Å². The Hall–Kier alpha value is -1.86. The van der Waals surface area contributed by atoms with Gasteiger partial charge in [-0.25, -0.2) is 0 Å². The quantitative estimate of drug-likeness (QED) is 0.455. The third kappa shape index (κ3) is 3.55. The fourth-order valence-corrected chi connectivity index (χ4v) is 2.66. The van der Waals surface area contributed by atoms with Crippen molar-refractivity contribution in [2.75, 3.05) is 19.6 Å². The third-order valence-electron chi connectivity index (χ3n) is 3.43. The van der Waals surface area contributed by atoms with E-state index in [0.717, 1.165) is 24.1 Å². The first-order valence-corrected chi connectivity index (χ1v) is 6.60. The second-order valence-corrected chi connectivity index (χ2v) is 4.72. The molecule has 1 aromatic carbocycles. The van der Waals surface area contributed by atoms with Crippen LogP contribution in [0.3, 0.4) is 0 Å². The highest BCUT2D eigenvalue weighted by Gasteiger charge is 2.32. The molecule has 100 valence electrons. The van der Waals surface area contributed by atoms with Crippen molar-refractivity contribution in [1.82, 2.24) is 0 Å². The maximum absolute atomic E-state index is 4.03. The summed E-state index contributed by atoms with van der Waals surface area (Å²) in [7, 11) is 0. The van der Waals surface area contributed by atoms with Crippen LogP contribution in [0.25, 0.3) is 0 Å². The fraction of sp³-hybridized carbons (Fsp3) is 0.222. The molecule has 0 saturated heterocycles. The molecule has 0 N–H and O–H groups in total. The van der Waals surface area contributed by atoms with Crippen molar-refractivity contribution in [3.63, 3.8) is 0 Å². The fourth-order valence-electron chi connectivity index (χ4n) is 2.66. The van der Waals surface area contributed by atoms with Crippen molar-refractivity contribution in [3.8, 4) is 0 Å². The number of quaternary nitrogens is 1. The summed E-state index contributed by atoms with van der Waals surface area (Å²) >= 11 is 0. The van der Waals surface area contributed by atoms with E-state index in [4.69, 9.17) is 0 Å². The first kappa shape index (κ1) is 15.2. The van der Waals surface area contributed by atoms with Gasteiger partial charge in [-0.1, -0.05) is 56.6 Å². The van der Waals surface area contributed by atoms with Gasteiger partial charge in [0.05, 0.1) is 19.6 Å². The molecular formula is C18H24N+. The van der Waals surface area contributed by atoms with Crippen LogP contribution in [0.4, 0.5) is 0 Å². The lowest BCUT2D eigenvalue weighted by molar-refractivity contribution is -0.935.